The predicted molar refractivity (Wildman–Crippen MR) is 71.9 cm³/mol. The Balaban J connectivity index is 2.25. The van der Waals surface area contributed by atoms with Gasteiger partial charge in [-0.05, 0) is 12.1 Å². The largest absolute Gasteiger partial charge is 0.478 e. The van der Waals surface area contributed by atoms with Gasteiger partial charge in [-0.3, -0.25) is 19.8 Å². The van der Waals surface area contributed by atoms with E-state index in [9.17, 15) is 19.2 Å². The molecule has 110 valence electrons. The Bertz CT molecular complexity index is 612. The fourth-order valence-electron chi connectivity index (χ4n) is 2.03. The first-order valence-electron chi connectivity index (χ1n) is 6.08. The van der Waals surface area contributed by atoms with Gasteiger partial charge in [-0.2, -0.15) is 0 Å². The number of piperazine rings is 1. The smallest absolute Gasteiger partial charge is 0.337 e. The molecule has 21 heavy (non-hydrogen) atoms. The highest BCUT2D eigenvalue weighted by Gasteiger charge is 2.29. The average molecular weight is 291 g/mol. The number of nitrogens with one attached hydrogen (secondary N) is 1. The summed E-state index contributed by atoms with van der Waals surface area (Å²) in [5, 5.41) is 11.2. The van der Waals surface area contributed by atoms with Gasteiger partial charge in [-0.1, -0.05) is 12.1 Å². The van der Waals surface area contributed by atoms with Crippen molar-refractivity contribution < 1.29 is 24.3 Å². The lowest BCUT2D eigenvalue weighted by Crippen LogP contribution is -2.56. The normalized spacial score (nSPS) is 14.6. The second-order valence-corrected chi connectivity index (χ2v) is 4.49. The molecule has 0 radical (unpaired) electrons. The second kappa shape index (κ2) is 5.61. The number of para-hydroxylation sites is 1. The summed E-state index contributed by atoms with van der Waals surface area (Å²) in [6.07, 6.45) is 0. The van der Waals surface area contributed by atoms with Crippen LogP contribution in [0, 0.1) is 0 Å². The molecule has 1 aromatic rings. The first-order valence-corrected chi connectivity index (χ1v) is 6.08. The van der Waals surface area contributed by atoms with Crippen molar-refractivity contribution in [3.8, 4) is 0 Å². The first-order chi connectivity index (χ1) is 9.90. The predicted octanol–water partition coefficient (Wildman–Crippen LogP) is -0.101. The van der Waals surface area contributed by atoms with Crippen LogP contribution in [0.3, 0.4) is 0 Å². The van der Waals surface area contributed by atoms with E-state index < -0.39 is 23.8 Å². The van der Waals surface area contributed by atoms with Crippen molar-refractivity contribution >= 4 is 29.5 Å². The zero-order valence-corrected chi connectivity index (χ0v) is 11.2. The monoisotopic (exact) mass is 291 g/mol. The van der Waals surface area contributed by atoms with Crippen molar-refractivity contribution in [3.63, 3.8) is 0 Å². The molecule has 1 aliphatic rings. The van der Waals surface area contributed by atoms with Crippen molar-refractivity contribution in [1.82, 2.24) is 10.2 Å². The van der Waals surface area contributed by atoms with Crippen molar-refractivity contribution in [3.05, 3.63) is 29.8 Å². The minimum Gasteiger partial charge on any atom is -0.478 e. The minimum absolute atomic E-state index is 0.0406. The van der Waals surface area contributed by atoms with Gasteiger partial charge in [0.2, 0.25) is 11.8 Å². The van der Waals surface area contributed by atoms with Crippen LogP contribution in [0.2, 0.25) is 0 Å². The molecule has 0 aliphatic carbocycles. The molecule has 1 saturated heterocycles. The number of carbonyl (C=O) groups excluding carboxylic acids is 3. The highest BCUT2D eigenvalue weighted by atomic mass is 16.4. The summed E-state index contributed by atoms with van der Waals surface area (Å²) in [5.74, 6) is -2.31. The number of carboxylic acid groups (broad SMARTS) is 1. The number of rotatable bonds is 2. The molecule has 0 aromatic heterocycles. The fraction of sp³-hybridized carbons (Fsp3) is 0.231. The molecule has 1 fully saturated rings. The summed E-state index contributed by atoms with van der Waals surface area (Å²) in [6.45, 7) is -0.492. The number of hydrogen-bond donors (Lipinski definition) is 2. The molecule has 0 atom stereocenters. The van der Waals surface area contributed by atoms with Gasteiger partial charge in [0.25, 0.3) is 0 Å². The quantitative estimate of drug-likeness (QED) is 0.740. The average Bonchev–Trinajstić information content (AvgIpc) is 2.44. The number of urea groups is 1. The lowest BCUT2D eigenvalue weighted by molar-refractivity contribution is -0.134. The van der Waals surface area contributed by atoms with Gasteiger partial charge >= 0.3 is 12.0 Å². The van der Waals surface area contributed by atoms with E-state index in [1.807, 2.05) is 0 Å². The number of aromatic carboxylic acids is 1. The van der Waals surface area contributed by atoms with E-state index in [0.29, 0.717) is 0 Å². The fourth-order valence-corrected chi connectivity index (χ4v) is 2.03. The summed E-state index contributed by atoms with van der Waals surface area (Å²) in [4.78, 5) is 48.2. The highest BCUT2D eigenvalue weighted by Crippen LogP contribution is 2.20. The zero-order valence-electron chi connectivity index (χ0n) is 11.2. The van der Waals surface area contributed by atoms with Crippen LogP contribution in [-0.2, 0) is 9.59 Å². The van der Waals surface area contributed by atoms with Crippen LogP contribution in [0.25, 0.3) is 0 Å². The maximum absolute atomic E-state index is 12.3. The van der Waals surface area contributed by atoms with Crippen molar-refractivity contribution in [1.29, 1.82) is 0 Å². The van der Waals surface area contributed by atoms with Gasteiger partial charge in [0, 0.05) is 7.05 Å². The van der Waals surface area contributed by atoms with E-state index in [2.05, 4.69) is 5.32 Å². The van der Waals surface area contributed by atoms with Crippen LogP contribution in [0.1, 0.15) is 10.4 Å². The van der Waals surface area contributed by atoms with E-state index in [1.165, 1.54) is 19.2 Å². The Morgan fingerprint density at radius 1 is 1.19 bits per heavy atom. The number of carboxylic acids is 1. The van der Waals surface area contributed by atoms with Gasteiger partial charge < -0.3 is 10.0 Å². The maximum Gasteiger partial charge on any atom is 0.337 e. The molecule has 0 unspecified atom stereocenters. The lowest BCUT2D eigenvalue weighted by Gasteiger charge is -2.30. The van der Waals surface area contributed by atoms with E-state index in [1.54, 1.807) is 12.1 Å². The molecule has 1 aromatic carbocycles. The van der Waals surface area contributed by atoms with E-state index in [0.717, 1.165) is 9.80 Å². The number of nitrogens with zero attached hydrogens (tertiary/aromatic N) is 2. The van der Waals surface area contributed by atoms with E-state index in [4.69, 9.17) is 5.11 Å². The van der Waals surface area contributed by atoms with Crippen molar-refractivity contribution in [2.24, 2.45) is 0 Å². The molecular weight excluding hydrogens is 278 g/mol. The maximum atomic E-state index is 12.3. The van der Waals surface area contributed by atoms with Crippen LogP contribution in [0.4, 0.5) is 10.5 Å². The molecule has 2 rings (SSSR count). The summed E-state index contributed by atoms with van der Waals surface area (Å²) in [5.41, 5.74) is 0.148. The number of amides is 4. The molecule has 8 heteroatoms. The standard InChI is InChI=1S/C13H13N3O5/c1-15(9-5-3-2-4-8(9)12(19)20)13(21)16-6-10(17)14-11(18)7-16/h2-5H,6-7H2,1H3,(H,19,20)(H,14,17,18). The van der Waals surface area contributed by atoms with Crippen LogP contribution in [0.15, 0.2) is 24.3 Å². The third kappa shape index (κ3) is 2.99. The van der Waals surface area contributed by atoms with Gasteiger partial charge in [0.1, 0.15) is 13.1 Å². The molecule has 1 aliphatic heterocycles. The number of benzene rings is 1. The summed E-state index contributed by atoms with van der Waals surface area (Å²) >= 11 is 0. The van der Waals surface area contributed by atoms with Crippen LogP contribution < -0.4 is 10.2 Å². The van der Waals surface area contributed by atoms with Crippen LogP contribution in [0.5, 0.6) is 0 Å². The Hall–Kier alpha value is -2.90. The number of carbonyl (C=O) groups is 4. The molecule has 2 N–H and O–H groups in total. The van der Waals surface area contributed by atoms with E-state index in [-0.39, 0.29) is 24.3 Å². The van der Waals surface area contributed by atoms with Gasteiger partial charge in [0.05, 0.1) is 11.3 Å². The van der Waals surface area contributed by atoms with Crippen LogP contribution >= 0.6 is 0 Å². The third-order valence-electron chi connectivity index (χ3n) is 3.00. The molecule has 4 amide bonds. The summed E-state index contributed by atoms with van der Waals surface area (Å²) in [7, 11) is 1.39. The summed E-state index contributed by atoms with van der Waals surface area (Å²) in [6, 6.07) is 5.37. The molecular formula is C13H13N3O5. The Morgan fingerprint density at radius 2 is 1.76 bits per heavy atom. The molecule has 8 nitrogen and oxygen atoms in total. The number of hydrogen-bond acceptors (Lipinski definition) is 4. The number of imide groups is 1. The van der Waals surface area contributed by atoms with Gasteiger partial charge in [-0.25, -0.2) is 9.59 Å². The topological polar surface area (TPSA) is 107 Å². The Morgan fingerprint density at radius 3 is 2.33 bits per heavy atom. The molecule has 0 saturated carbocycles. The molecule has 1 heterocycles. The molecule has 0 bridgehead atoms. The van der Waals surface area contributed by atoms with Crippen molar-refractivity contribution in [2.45, 2.75) is 0 Å². The highest BCUT2D eigenvalue weighted by molar-refractivity contribution is 6.06. The zero-order chi connectivity index (χ0) is 15.6. The number of anilines is 1. The van der Waals surface area contributed by atoms with Crippen LogP contribution in [-0.4, -0.2) is 54.0 Å². The molecule has 0 spiro atoms. The van der Waals surface area contributed by atoms with Gasteiger partial charge in [-0.15, -0.1) is 0 Å². The van der Waals surface area contributed by atoms with E-state index >= 15 is 0 Å². The van der Waals surface area contributed by atoms with Crippen molar-refractivity contribution in [2.75, 3.05) is 25.0 Å². The minimum atomic E-state index is -1.17. The second-order valence-electron chi connectivity index (χ2n) is 4.49. The first kappa shape index (κ1) is 14.5. The Kier molecular flexibility index (Phi) is 3.88. The summed E-state index contributed by atoms with van der Waals surface area (Å²) < 4.78 is 0. The Labute approximate surface area is 119 Å². The SMILES string of the molecule is CN(C(=O)N1CC(=O)NC(=O)C1)c1ccccc1C(=O)O. The lowest BCUT2D eigenvalue weighted by atomic mass is 10.1. The third-order valence-corrected chi connectivity index (χ3v) is 3.00. The van der Waals surface area contributed by atoms with Gasteiger partial charge in [0.15, 0.2) is 0 Å².